The summed E-state index contributed by atoms with van der Waals surface area (Å²) >= 11 is 5.90. The molecule has 1 N–H and O–H groups in total. The van der Waals surface area contributed by atoms with E-state index in [0.717, 1.165) is 5.56 Å². The Kier molecular flexibility index (Phi) is 5.43. The number of pyridine rings is 1. The summed E-state index contributed by atoms with van der Waals surface area (Å²) in [4.78, 5) is 4.12. The first-order valence-electron chi connectivity index (χ1n) is 7.35. The predicted molar refractivity (Wildman–Crippen MR) is 89.3 cm³/mol. The number of benzene rings is 1. The van der Waals surface area contributed by atoms with Gasteiger partial charge in [-0.25, -0.2) is 0 Å². The van der Waals surface area contributed by atoms with E-state index in [1.807, 2.05) is 45.0 Å². The molecule has 3 nitrogen and oxygen atoms in total. The Morgan fingerprint density at radius 3 is 2.41 bits per heavy atom. The van der Waals surface area contributed by atoms with Crippen molar-refractivity contribution in [2.45, 2.75) is 39.4 Å². The van der Waals surface area contributed by atoms with Crippen molar-refractivity contribution in [1.29, 1.82) is 0 Å². The SMILES string of the molecule is CC(C)(C)C(O)C(Cc1cccnc1)Oc1ccc(Cl)cc1. The maximum atomic E-state index is 10.7. The highest BCUT2D eigenvalue weighted by atomic mass is 35.5. The Bertz CT molecular complexity index is 578. The topological polar surface area (TPSA) is 42.4 Å². The van der Waals surface area contributed by atoms with E-state index in [4.69, 9.17) is 16.3 Å². The molecule has 2 atom stereocenters. The molecule has 0 saturated carbocycles. The minimum Gasteiger partial charge on any atom is -0.487 e. The van der Waals surface area contributed by atoms with E-state index in [2.05, 4.69) is 4.98 Å². The maximum Gasteiger partial charge on any atom is 0.129 e. The Balaban J connectivity index is 2.19. The molecule has 0 aliphatic heterocycles. The first-order valence-corrected chi connectivity index (χ1v) is 7.73. The zero-order valence-electron chi connectivity index (χ0n) is 13.2. The molecule has 1 aromatic carbocycles. The molecule has 0 radical (unpaired) electrons. The van der Waals surface area contributed by atoms with Gasteiger partial charge in [-0.3, -0.25) is 4.98 Å². The Morgan fingerprint density at radius 2 is 1.86 bits per heavy atom. The molecule has 22 heavy (non-hydrogen) atoms. The summed E-state index contributed by atoms with van der Waals surface area (Å²) in [5.74, 6) is 0.696. The molecule has 0 spiro atoms. The Labute approximate surface area is 136 Å². The van der Waals surface area contributed by atoms with Crippen molar-refractivity contribution in [3.8, 4) is 5.75 Å². The minimum absolute atomic E-state index is 0.278. The first kappa shape index (κ1) is 16.8. The standard InChI is InChI=1S/C18H22ClNO2/c1-18(2,3)17(21)16(11-13-5-4-10-20-12-13)22-15-8-6-14(19)7-9-15/h4-10,12,16-17,21H,11H2,1-3H3. The van der Waals surface area contributed by atoms with Crippen LogP contribution in [0, 0.1) is 5.41 Å². The second-order valence-electron chi connectivity index (χ2n) is 6.49. The molecule has 2 unspecified atom stereocenters. The number of hydrogen-bond donors (Lipinski definition) is 1. The van der Waals surface area contributed by atoms with E-state index in [0.29, 0.717) is 17.2 Å². The summed E-state index contributed by atoms with van der Waals surface area (Å²) in [5.41, 5.74) is 0.754. The fourth-order valence-corrected chi connectivity index (χ4v) is 2.34. The van der Waals surface area contributed by atoms with Crippen LogP contribution in [0.4, 0.5) is 0 Å². The van der Waals surface area contributed by atoms with E-state index in [1.165, 1.54) is 0 Å². The summed E-state index contributed by atoms with van der Waals surface area (Å²) < 4.78 is 6.03. The molecule has 0 aliphatic rings. The van der Waals surface area contributed by atoms with Crippen LogP contribution in [0.2, 0.25) is 5.02 Å². The highest BCUT2D eigenvalue weighted by Gasteiger charge is 2.32. The predicted octanol–water partition coefficient (Wildman–Crippen LogP) is 4.13. The molecule has 1 aromatic heterocycles. The number of halogens is 1. The van der Waals surface area contributed by atoms with E-state index in [1.54, 1.807) is 24.5 Å². The van der Waals surface area contributed by atoms with Crippen LogP contribution in [-0.2, 0) is 6.42 Å². The fraction of sp³-hybridized carbons (Fsp3) is 0.389. The zero-order chi connectivity index (χ0) is 16.2. The van der Waals surface area contributed by atoms with Crippen molar-refractivity contribution in [3.63, 3.8) is 0 Å². The number of aromatic nitrogens is 1. The zero-order valence-corrected chi connectivity index (χ0v) is 13.9. The minimum atomic E-state index is -0.608. The largest absolute Gasteiger partial charge is 0.487 e. The number of nitrogens with zero attached hydrogens (tertiary/aromatic N) is 1. The highest BCUT2D eigenvalue weighted by Crippen LogP contribution is 2.27. The van der Waals surface area contributed by atoms with Gasteiger partial charge in [0, 0.05) is 23.8 Å². The van der Waals surface area contributed by atoms with Gasteiger partial charge in [0.15, 0.2) is 0 Å². The molecular formula is C18H22ClNO2. The number of rotatable bonds is 5. The molecule has 2 aromatic rings. The van der Waals surface area contributed by atoms with Crippen LogP contribution in [0.25, 0.3) is 0 Å². The number of ether oxygens (including phenoxy) is 1. The van der Waals surface area contributed by atoms with Crippen molar-refractivity contribution in [2.75, 3.05) is 0 Å². The quantitative estimate of drug-likeness (QED) is 0.901. The summed E-state index contributed by atoms with van der Waals surface area (Å²) in [5, 5.41) is 11.3. The first-order chi connectivity index (χ1) is 10.4. The third-order valence-corrected chi connectivity index (χ3v) is 3.75. The lowest BCUT2D eigenvalue weighted by Crippen LogP contribution is -2.42. The fourth-order valence-electron chi connectivity index (χ4n) is 2.21. The third-order valence-electron chi connectivity index (χ3n) is 3.50. The van der Waals surface area contributed by atoms with Gasteiger partial charge in [-0.05, 0) is 41.3 Å². The summed E-state index contributed by atoms with van der Waals surface area (Å²) in [6.07, 6.45) is 3.16. The second-order valence-corrected chi connectivity index (χ2v) is 6.92. The Hall–Kier alpha value is -1.58. The van der Waals surface area contributed by atoms with Crippen LogP contribution < -0.4 is 4.74 Å². The monoisotopic (exact) mass is 319 g/mol. The van der Waals surface area contributed by atoms with Crippen LogP contribution >= 0.6 is 11.6 Å². The number of aliphatic hydroxyl groups is 1. The van der Waals surface area contributed by atoms with Crippen LogP contribution in [0.15, 0.2) is 48.8 Å². The van der Waals surface area contributed by atoms with Crippen LogP contribution in [0.3, 0.4) is 0 Å². The van der Waals surface area contributed by atoms with Gasteiger partial charge in [0.2, 0.25) is 0 Å². The average molecular weight is 320 g/mol. The van der Waals surface area contributed by atoms with Crippen molar-refractivity contribution in [2.24, 2.45) is 5.41 Å². The molecule has 1 heterocycles. The normalized spacial score (nSPS) is 14.4. The molecule has 118 valence electrons. The van der Waals surface area contributed by atoms with Crippen molar-refractivity contribution >= 4 is 11.6 Å². The van der Waals surface area contributed by atoms with E-state index < -0.39 is 6.10 Å². The summed E-state index contributed by atoms with van der Waals surface area (Å²) in [6, 6.07) is 11.1. The molecule has 4 heteroatoms. The van der Waals surface area contributed by atoms with Crippen molar-refractivity contribution in [3.05, 3.63) is 59.4 Å². The molecule has 0 saturated heterocycles. The van der Waals surface area contributed by atoms with E-state index in [-0.39, 0.29) is 11.5 Å². The van der Waals surface area contributed by atoms with Crippen LogP contribution in [0.5, 0.6) is 5.75 Å². The highest BCUT2D eigenvalue weighted by molar-refractivity contribution is 6.30. The molecule has 0 aliphatic carbocycles. The lowest BCUT2D eigenvalue weighted by Gasteiger charge is -2.33. The smallest absolute Gasteiger partial charge is 0.129 e. The number of aliphatic hydroxyl groups excluding tert-OH is 1. The Morgan fingerprint density at radius 1 is 1.18 bits per heavy atom. The van der Waals surface area contributed by atoms with Gasteiger partial charge in [-0.2, -0.15) is 0 Å². The van der Waals surface area contributed by atoms with Gasteiger partial charge < -0.3 is 9.84 Å². The van der Waals surface area contributed by atoms with Gasteiger partial charge in [0.25, 0.3) is 0 Å². The maximum absolute atomic E-state index is 10.7. The van der Waals surface area contributed by atoms with E-state index in [9.17, 15) is 5.11 Å². The van der Waals surface area contributed by atoms with Gasteiger partial charge >= 0.3 is 0 Å². The average Bonchev–Trinajstić information content (AvgIpc) is 2.48. The summed E-state index contributed by atoms with van der Waals surface area (Å²) in [6.45, 7) is 6.00. The van der Waals surface area contributed by atoms with Gasteiger partial charge in [-0.1, -0.05) is 38.4 Å². The number of hydrogen-bond acceptors (Lipinski definition) is 3. The summed E-state index contributed by atoms with van der Waals surface area (Å²) in [7, 11) is 0. The third kappa shape index (κ3) is 4.72. The van der Waals surface area contributed by atoms with Gasteiger partial charge in [-0.15, -0.1) is 0 Å². The van der Waals surface area contributed by atoms with Crippen molar-refractivity contribution in [1.82, 2.24) is 4.98 Å². The molecule has 0 fully saturated rings. The van der Waals surface area contributed by atoms with Crippen LogP contribution in [0.1, 0.15) is 26.3 Å². The lowest BCUT2D eigenvalue weighted by molar-refractivity contribution is -0.0312. The van der Waals surface area contributed by atoms with Gasteiger partial charge in [0.05, 0.1) is 6.10 Å². The van der Waals surface area contributed by atoms with Crippen molar-refractivity contribution < 1.29 is 9.84 Å². The second kappa shape index (κ2) is 7.12. The lowest BCUT2D eigenvalue weighted by atomic mass is 9.84. The molecule has 0 bridgehead atoms. The van der Waals surface area contributed by atoms with Crippen LogP contribution in [-0.4, -0.2) is 22.3 Å². The molecule has 2 rings (SSSR count). The van der Waals surface area contributed by atoms with Gasteiger partial charge in [0.1, 0.15) is 11.9 Å². The molecular weight excluding hydrogens is 298 g/mol. The molecule has 0 amide bonds. The van der Waals surface area contributed by atoms with E-state index >= 15 is 0 Å².